The average Bonchev–Trinajstić information content (AvgIpc) is 2.72. The summed E-state index contributed by atoms with van der Waals surface area (Å²) in [6, 6.07) is 12.3. The van der Waals surface area contributed by atoms with E-state index in [2.05, 4.69) is 10.6 Å². The Balaban J connectivity index is 1.74. The molecule has 2 amide bonds. The Morgan fingerprint density at radius 1 is 1.23 bits per heavy atom. The first-order valence-electron chi connectivity index (χ1n) is 9.61. The first kappa shape index (κ1) is 21.8. The molecule has 1 aliphatic rings. The van der Waals surface area contributed by atoms with Gasteiger partial charge in [-0.3, -0.25) is 9.59 Å². The second-order valence-corrected chi connectivity index (χ2v) is 9.15. The highest BCUT2D eigenvalue weighted by atomic mass is 32.2. The highest BCUT2D eigenvalue weighted by Gasteiger charge is 2.31. The fourth-order valence-corrected chi connectivity index (χ4v) is 4.48. The molecule has 0 radical (unpaired) electrons. The fourth-order valence-electron chi connectivity index (χ4n) is 3.14. The van der Waals surface area contributed by atoms with Crippen LogP contribution in [0.15, 0.2) is 47.4 Å². The molecule has 9 heteroatoms. The van der Waals surface area contributed by atoms with Crippen LogP contribution in [0.2, 0.25) is 0 Å². The van der Waals surface area contributed by atoms with Gasteiger partial charge in [-0.1, -0.05) is 37.3 Å². The summed E-state index contributed by atoms with van der Waals surface area (Å²) < 4.78 is 32.8. The van der Waals surface area contributed by atoms with Crippen LogP contribution in [0, 0.1) is 6.92 Å². The molecule has 0 aliphatic carbocycles. The molecule has 30 heavy (non-hydrogen) atoms. The molecule has 0 fully saturated rings. The van der Waals surface area contributed by atoms with E-state index in [0.717, 1.165) is 9.87 Å². The van der Waals surface area contributed by atoms with Crippen molar-refractivity contribution in [2.75, 3.05) is 18.9 Å². The summed E-state index contributed by atoms with van der Waals surface area (Å²) in [5, 5.41) is 5.46. The van der Waals surface area contributed by atoms with E-state index in [-0.39, 0.29) is 17.3 Å². The van der Waals surface area contributed by atoms with Crippen molar-refractivity contribution >= 4 is 27.5 Å². The van der Waals surface area contributed by atoms with Crippen molar-refractivity contribution in [3.05, 3.63) is 53.6 Å². The van der Waals surface area contributed by atoms with Gasteiger partial charge in [-0.2, -0.15) is 4.31 Å². The minimum atomic E-state index is -3.94. The lowest BCUT2D eigenvalue weighted by molar-refractivity contribution is -0.123. The maximum atomic E-state index is 13.1. The van der Waals surface area contributed by atoms with Gasteiger partial charge in [-0.25, -0.2) is 8.42 Å². The Hall–Kier alpha value is -2.91. The van der Waals surface area contributed by atoms with Gasteiger partial charge in [-0.15, -0.1) is 0 Å². The van der Waals surface area contributed by atoms with Crippen LogP contribution in [0.4, 0.5) is 5.69 Å². The highest BCUT2D eigenvalue weighted by Crippen LogP contribution is 2.35. The summed E-state index contributed by atoms with van der Waals surface area (Å²) in [5.74, 6) is -0.366. The minimum absolute atomic E-state index is 0.0330. The van der Waals surface area contributed by atoms with E-state index in [9.17, 15) is 18.0 Å². The van der Waals surface area contributed by atoms with Gasteiger partial charge in [0.1, 0.15) is 5.75 Å². The van der Waals surface area contributed by atoms with Gasteiger partial charge in [0.2, 0.25) is 15.9 Å². The van der Waals surface area contributed by atoms with Gasteiger partial charge in [-0.05, 0) is 30.5 Å². The van der Waals surface area contributed by atoms with Gasteiger partial charge >= 0.3 is 0 Å². The lowest BCUT2D eigenvalue weighted by Crippen LogP contribution is -2.39. The Bertz CT molecular complexity index is 1050. The predicted octanol–water partition coefficient (Wildman–Crippen LogP) is 2.04. The third-order valence-corrected chi connectivity index (χ3v) is 6.80. The van der Waals surface area contributed by atoms with Crippen molar-refractivity contribution < 1.29 is 22.7 Å². The molecule has 1 unspecified atom stereocenters. The number of fused-ring (bicyclic) bond motifs is 1. The molecule has 8 nitrogen and oxygen atoms in total. The quantitative estimate of drug-likeness (QED) is 0.698. The highest BCUT2D eigenvalue weighted by molar-refractivity contribution is 7.89. The van der Waals surface area contributed by atoms with E-state index in [4.69, 9.17) is 4.74 Å². The average molecular weight is 432 g/mol. The zero-order chi connectivity index (χ0) is 21.9. The van der Waals surface area contributed by atoms with Gasteiger partial charge in [0.05, 0.1) is 17.1 Å². The number of hydrogen-bond acceptors (Lipinski definition) is 5. The molecule has 2 aromatic carbocycles. The molecular formula is C21H25N3O5S. The molecule has 3 rings (SSSR count). The van der Waals surface area contributed by atoms with Gasteiger partial charge in [0, 0.05) is 19.7 Å². The van der Waals surface area contributed by atoms with Crippen LogP contribution < -0.4 is 15.4 Å². The third kappa shape index (κ3) is 4.63. The SMILES string of the molecule is CCC1Oc2cc(S(=O)(=O)N(C)CC(=O)NCc3ccccc3)c(C)cc2NC1=O. The molecule has 2 N–H and O–H groups in total. The topological polar surface area (TPSA) is 105 Å². The summed E-state index contributed by atoms with van der Waals surface area (Å²) in [6.45, 7) is 3.44. The summed E-state index contributed by atoms with van der Waals surface area (Å²) >= 11 is 0. The van der Waals surface area contributed by atoms with E-state index in [1.54, 1.807) is 13.0 Å². The van der Waals surface area contributed by atoms with Crippen LogP contribution in [0.3, 0.4) is 0 Å². The number of ether oxygens (including phenoxy) is 1. The maximum absolute atomic E-state index is 13.1. The van der Waals surface area contributed by atoms with Crippen molar-refractivity contribution in [2.45, 2.75) is 37.8 Å². The monoisotopic (exact) mass is 431 g/mol. The van der Waals surface area contributed by atoms with Crippen molar-refractivity contribution in [2.24, 2.45) is 0 Å². The molecule has 1 aliphatic heterocycles. The number of benzene rings is 2. The van der Waals surface area contributed by atoms with Crippen LogP contribution in [0.25, 0.3) is 0 Å². The summed E-state index contributed by atoms with van der Waals surface area (Å²) in [4.78, 5) is 24.3. The molecule has 1 heterocycles. The van der Waals surface area contributed by atoms with Crippen LogP contribution in [0.1, 0.15) is 24.5 Å². The van der Waals surface area contributed by atoms with Crippen LogP contribution >= 0.6 is 0 Å². The summed E-state index contributed by atoms with van der Waals surface area (Å²) in [7, 11) is -2.58. The summed E-state index contributed by atoms with van der Waals surface area (Å²) in [6.07, 6.45) is -0.208. The van der Waals surface area contributed by atoms with E-state index in [1.165, 1.54) is 13.1 Å². The number of carbonyl (C=O) groups excluding carboxylic acids is 2. The fraction of sp³-hybridized carbons (Fsp3) is 0.333. The number of carbonyl (C=O) groups is 2. The smallest absolute Gasteiger partial charge is 0.265 e. The third-order valence-electron chi connectivity index (χ3n) is 4.85. The van der Waals surface area contributed by atoms with Gasteiger partial charge in [0.25, 0.3) is 5.91 Å². The van der Waals surface area contributed by atoms with E-state index in [1.807, 2.05) is 37.3 Å². The van der Waals surface area contributed by atoms with E-state index < -0.39 is 22.0 Å². The molecule has 2 aromatic rings. The van der Waals surface area contributed by atoms with Crippen molar-refractivity contribution in [3.63, 3.8) is 0 Å². The second-order valence-electron chi connectivity index (χ2n) is 7.14. The normalized spacial score (nSPS) is 15.9. The molecule has 0 spiro atoms. The number of likely N-dealkylation sites (N-methyl/N-ethyl adjacent to an activating group) is 1. The number of nitrogens with one attached hydrogen (secondary N) is 2. The molecule has 160 valence electrons. The largest absolute Gasteiger partial charge is 0.478 e. The van der Waals surface area contributed by atoms with Gasteiger partial charge in [0.15, 0.2) is 6.10 Å². The number of rotatable bonds is 7. The first-order valence-corrected chi connectivity index (χ1v) is 11.1. The van der Waals surface area contributed by atoms with E-state index >= 15 is 0 Å². The Morgan fingerprint density at radius 3 is 2.60 bits per heavy atom. The van der Waals surface area contributed by atoms with Crippen molar-refractivity contribution in [3.8, 4) is 5.75 Å². The molecular weight excluding hydrogens is 406 g/mol. The van der Waals surface area contributed by atoms with E-state index in [0.29, 0.717) is 30.0 Å². The number of hydrogen-bond donors (Lipinski definition) is 2. The standard InChI is InChI=1S/C21H25N3O5S/c1-4-17-21(26)23-16-10-14(2)19(11-18(16)29-17)30(27,28)24(3)13-20(25)22-12-15-8-6-5-7-9-15/h5-11,17H,4,12-13H2,1-3H3,(H,22,25)(H,23,26). The number of sulfonamides is 1. The Labute approximate surface area is 176 Å². The first-order chi connectivity index (χ1) is 14.2. The Morgan fingerprint density at radius 2 is 1.93 bits per heavy atom. The lowest BCUT2D eigenvalue weighted by Gasteiger charge is -2.27. The zero-order valence-corrected chi connectivity index (χ0v) is 18.0. The second kappa shape index (κ2) is 8.85. The molecule has 0 saturated heterocycles. The number of nitrogens with zero attached hydrogens (tertiary/aromatic N) is 1. The molecule has 0 bridgehead atoms. The summed E-state index contributed by atoms with van der Waals surface area (Å²) in [5.41, 5.74) is 1.81. The van der Waals surface area contributed by atoms with Crippen LogP contribution in [-0.4, -0.2) is 44.2 Å². The number of anilines is 1. The number of aryl methyl sites for hydroxylation is 1. The lowest BCUT2D eigenvalue weighted by atomic mass is 10.1. The van der Waals surface area contributed by atoms with Crippen LogP contribution in [-0.2, 0) is 26.2 Å². The minimum Gasteiger partial charge on any atom is -0.478 e. The number of amides is 2. The predicted molar refractivity (Wildman–Crippen MR) is 113 cm³/mol. The van der Waals surface area contributed by atoms with Gasteiger partial charge < -0.3 is 15.4 Å². The van der Waals surface area contributed by atoms with Crippen molar-refractivity contribution in [1.82, 2.24) is 9.62 Å². The molecule has 0 aromatic heterocycles. The molecule has 1 atom stereocenters. The van der Waals surface area contributed by atoms with Crippen LogP contribution in [0.5, 0.6) is 5.75 Å². The van der Waals surface area contributed by atoms with Crippen molar-refractivity contribution in [1.29, 1.82) is 0 Å². The molecule has 0 saturated carbocycles. The maximum Gasteiger partial charge on any atom is 0.265 e. The zero-order valence-electron chi connectivity index (χ0n) is 17.1. The Kier molecular flexibility index (Phi) is 6.42.